The van der Waals surface area contributed by atoms with Gasteiger partial charge in [-0.3, -0.25) is 4.79 Å². The zero-order valence-electron chi connectivity index (χ0n) is 16.4. The summed E-state index contributed by atoms with van der Waals surface area (Å²) in [4.78, 5) is 12.9. The molecule has 0 radical (unpaired) electrons. The van der Waals surface area contributed by atoms with Crippen molar-refractivity contribution in [2.75, 3.05) is 12.4 Å². The van der Waals surface area contributed by atoms with Crippen molar-refractivity contribution >= 4 is 38.3 Å². The molecule has 0 saturated carbocycles. The number of halogens is 1. The molecule has 0 spiro atoms. The Labute approximate surface area is 183 Å². The third-order valence-electron chi connectivity index (χ3n) is 4.72. The van der Waals surface area contributed by atoms with Gasteiger partial charge in [-0.25, -0.2) is 0 Å². The maximum Gasteiger partial charge on any atom is 0.255 e. The molecule has 0 fully saturated rings. The first kappa shape index (κ1) is 20.0. The van der Waals surface area contributed by atoms with Crippen LogP contribution in [-0.4, -0.2) is 13.0 Å². The van der Waals surface area contributed by atoms with Crippen molar-refractivity contribution in [2.45, 2.75) is 6.61 Å². The number of fused-ring (bicyclic) bond motifs is 1. The number of methoxy groups -OCH3 is 1. The fourth-order valence-electron chi connectivity index (χ4n) is 3.21. The lowest BCUT2D eigenvalue weighted by Gasteiger charge is -2.14. The second kappa shape index (κ2) is 9.01. The van der Waals surface area contributed by atoms with Crippen molar-refractivity contribution in [3.63, 3.8) is 0 Å². The molecule has 4 aromatic rings. The van der Waals surface area contributed by atoms with Crippen LogP contribution in [0.4, 0.5) is 5.69 Å². The number of rotatable bonds is 6. The Balaban J connectivity index is 1.57. The van der Waals surface area contributed by atoms with E-state index < -0.39 is 0 Å². The molecule has 4 aromatic carbocycles. The van der Waals surface area contributed by atoms with Crippen molar-refractivity contribution in [3.8, 4) is 11.5 Å². The SMILES string of the molecule is COc1c(Br)cc(C(=O)Nc2ccc3ccccc3c2)cc1OCc1ccccc1. The van der Waals surface area contributed by atoms with Crippen molar-refractivity contribution in [1.82, 2.24) is 0 Å². The van der Waals surface area contributed by atoms with E-state index in [4.69, 9.17) is 9.47 Å². The highest BCUT2D eigenvalue weighted by Gasteiger charge is 2.16. The van der Waals surface area contributed by atoms with E-state index in [9.17, 15) is 4.79 Å². The summed E-state index contributed by atoms with van der Waals surface area (Å²) < 4.78 is 12.1. The van der Waals surface area contributed by atoms with Crippen molar-refractivity contribution in [1.29, 1.82) is 0 Å². The molecule has 0 atom stereocenters. The monoisotopic (exact) mass is 461 g/mol. The maximum atomic E-state index is 12.9. The molecule has 1 N–H and O–H groups in total. The van der Waals surface area contributed by atoms with Crippen LogP contribution in [0.5, 0.6) is 11.5 Å². The van der Waals surface area contributed by atoms with Gasteiger partial charge in [0.2, 0.25) is 0 Å². The van der Waals surface area contributed by atoms with Crippen LogP contribution >= 0.6 is 15.9 Å². The van der Waals surface area contributed by atoms with Crippen molar-refractivity contribution in [2.24, 2.45) is 0 Å². The lowest BCUT2D eigenvalue weighted by atomic mass is 10.1. The van der Waals surface area contributed by atoms with Crippen LogP contribution in [0.2, 0.25) is 0 Å². The number of carbonyl (C=O) groups excluding carboxylic acids is 1. The summed E-state index contributed by atoms with van der Waals surface area (Å²) in [6.07, 6.45) is 0. The number of nitrogens with one attached hydrogen (secondary N) is 1. The number of hydrogen-bond acceptors (Lipinski definition) is 3. The van der Waals surface area contributed by atoms with Gasteiger partial charge in [-0.05, 0) is 56.5 Å². The van der Waals surface area contributed by atoms with Crippen LogP contribution in [0.1, 0.15) is 15.9 Å². The van der Waals surface area contributed by atoms with Crippen LogP contribution in [0.3, 0.4) is 0 Å². The molecular weight excluding hydrogens is 442 g/mol. The predicted octanol–water partition coefficient (Wildman–Crippen LogP) is 6.44. The molecule has 30 heavy (non-hydrogen) atoms. The van der Waals surface area contributed by atoms with E-state index in [1.54, 1.807) is 19.2 Å². The smallest absolute Gasteiger partial charge is 0.255 e. The van der Waals surface area contributed by atoms with Gasteiger partial charge in [0.1, 0.15) is 6.61 Å². The first-order chi connectivity index (χ1) is 14.6. The average Bonchev–Trinajstić information content (AvgIpc) is 2.78. The summed E-state index contributed by atoms with van der Waals surface area (Å²) in [6, 6.07) is 27.1. The first-order valence-corrected chi connectivity index (χ1v) is 10.3. The summed E-state index contributed by atoms with van der Waals surface area (Å²) in [6.45, 7) is 0.374. The van der Waals surface area contributed by atoms with E-state index in [1.807, 2.05) is 72.8 Å². The molecule has 4 nitrogen and oxygen atoms in total. The van der Waals surface area contributed by atoms with Crippen LogP contribution < -0.4 is 14.8 Å². The van der Waals surface area contributed by atoms with Gasteiger partial charge >= 0.3 is 0 Å². The van der Waals surface area contributed by atoms with Gasteiger partial charge in [0, 0.05) is 11.3 Å². The van der Waals surface area contributed by atoms with Gasteiger partial charge in [0.25, 0.3) is 5.91 Å². The number of hydrogen-bond donors (Lipinski definition) is 1. The molecule has 1 amide bonds. The molecule has 150 valence electrons. The fourth-order valence-corrected chi connectivity index (χ4v) is 3.81. The fraction of sp³-hybridized carbons (Fsp3) is 0.0800. The standard InChI is InChI=1S/C25H20BrNO3/c1-29-24-22(26)14-20(15-23(24)30-16-17-7-3-2-4-8-17)25(28)27-21-12-11-18-9-5-6-10-19(18)13-21/h2-15H,16H2,1H3,(H,27,28). The number of anilines is 1. The minimum absolute atomic E-state index is 0.224. The third-order valence-corrected chi connectivity index (χ3v) is 5.31. The van der Waals surface area contributed by atoms with E-state index in [0.717, 1.165) is 22.0 Å². The molecule has 0 aliphatic rings. The Morgan fingerprint density at radius 2 is 1.63 bits per heavy atom. The summed E-state index contributed by atoms with van der Waals surface area (Å²) in [5.74, 6) is 0.825. The zero-order chi connectivity index (χ0) is 20.9. The van der Waals surface area contributed by atoms with Crippen LogP contribution in [0.25, 0.3) is 10.8 Å². The molecule has 4 rings (SSSR count). The summed E-state index contributed by atoms with van der Waals surface area (Å²) in [7, 11) is 1.57. The van der Waals surface area contributed by atoms with Crippen LogP contribution in [-0.2, 0) is 6.61 Å². The third kappa shape index (κ3) is 4.47. The van der Waals surface area contributed by atoms with Crippen LogP contribution in [0, 0.1) is 0 Å². The molecule has 0 aliphatic carbocycles. The minimum Gasteiger partial charge on any atom is -0.492 e. The normalized spacial score (nSPS) is 10.6. The Bertz CT molecular complexity index is 1190. The average molecular weight is 462 g/mol. The predicted molar refractivity (Wildman–Crippen MR) is 123 cm³/mol. The van der Waals surface area contributed by atoms with Crippen molar-refractivity contribution in [3.05, 3.63) is 101 Å². The Morgan fingerprint density at radius 1 is 0.900 bits per heavy atom. The molecule has 0 unspecified atom stereocenters. The highest BCUT2D eigenvalue weighted by molar-refractivity contribution is 9.10. The zero-order valence-corrected chi connectivity index (χ0v) is 18.0. The largest absolute Gasteiger partial charge is 0.492 e. The van der Waals surface area contributed by atoms with E-state index in [2.05, 4.69) is 21.2 Å². The van der Waals surface area contributed by atoms with Gasteiger partial charge in [-0.2, -0.15) is 0 Å². The molecular formula is C25H20BrNO3. The van der Waals surface area contributed by atoms with Crippen LogP contribution in [0.15, 0.2) is 89.4 Å². The number of carbonyl (C=O) groups is 1. The summed E-state index contributed by atoms with van der Waals surface area (Å²) in [5, 5.41) is 5.15. The summed E-state index contributed by atoms with van der Waals surface area (Å²) >= 11 is 3.49. The Hall–Kier alpha value is -3.31. The lowest BCUT2D eigenvalue weighted by molar-refractivity contribution is 0.102. The van der Waals surface area contributed by atoms with Crippen molar-refractivity contribution < 1.29 is 14.3 Å². The topological polar surface area (TPSA) is 47.6 Å². The van der Waals surface area contributed by atoms with Gasteiger partial charge in [0.15, 0.2) is 11.5 Å². The molecule has 0 saturated heterocycles. The second-order valence-electron chi connectivity index (χ2n) is 6.78. The summed E-state index contributed by atoms with van der Waals surface area (Å²) in [5.41, 5.74) is 2.23. The molecule has 0 bridgehead atoms. The first-order valence-electron chi connectivity index (χ1n) is 9.48. The van der Waals surface area contributed by atoms with E-state index in [-0.39, 0.29) is 5.91 Å². The van der Waals surface area contributed by atoms with E-state index in [0.29, 0.717) is 28.1 Å². The second-order valence-corrected chi connectivity index (χ2v) is 7.63. The highest BCUT2D eigenvalue weighted by atomic mass is 79.9. The molecule has 0 aliphatic heterocycles. The molecule has 0 aromatic heterocycles. The number of ether oxygens (including phenoxy) is 2. The van der Waals surface area contributed by atoms with Gasteiger partial charge in [-0.15, -0.1) is 0 Å². The lowest BCUT2D eigenvalue weighted by Crippen LogP contribution is -2.12. The Morgan fingerprint density at radius 3 is 2.40 bits per heavy atom. The van der Waals surface area contributed by atoms with E-state index >= 15 is 0 Å². The van der Waals surface area contributed by atoms with Gasteiger partial charge in [0.05, 0.1) is 11.6 Å². The minimum atomic E-state index is -0.224. The van der Waals surface area contributed by atoms with E-state index in [1.165, 1.54) is 0 Å². The number of amides is 1. The molecule has 5 heteroatoms. The quantitative estimate of drug-likeness (QED) is 0.359. The Kier molecular flexibility index (Phi) is 6.00. The highest BCUT2D eigenvalue weighted by Crippen LogP contribution is 2.37. The maximum absolute atomic E-state index is 12.9. The molecule has 0 heterocycles. The van der Waals surface area contributed by atoms with Gasteiger partial charge < -0.3 is 14.8 Å². The van der Waals surface area contributed by atoms with Gasteiger partial charge in [-0.1, -0.05) is 60.7 Å². The number of benzene rings is 4.